The molecule has 0 fully saturated rings. The van der Waals surface area contributed by atoms with Crippen LogP contribution in [0.25, 0.3) is 0 Å². The van der Waals surface area contributed by atoms with Gasteiger partial charge in [0, 0.05) is 31.6 Å². The van der Waals surface area contributed by atoms with Gasteiger partial charge in [-0.05, 0) is 56.0 Å². The van der Waals surface area contributed by atoms with E-state index in [1.165, 1.54) is 9.21 Å². The minimum absolute atomic E-state index is 0.0327. The maximum atomic E-state index is 13.6. The first-order valence-electron chi connectivity index (χ1n) is 12.9. The fraction of sp³-hybridized carbons (Fsp3) is 0.481. The van der Waals surface area contributed by atoms with Crippen LogP contribution in [0.1, 0.15) is 52.0 Å². The molecule has 9 nitrogen and oxygen atoms in total. The molecule has 1 aliphatic heterocycles. The highest BCUT2D eigenvalue weighted by atomic mass is 35.5. The van der Waals surface area contributed by atoms with Crippen molar-refractivity contribution in [2.24, 2.45) is 0 Å². The SMILES string of the molecule is CCC(C)NC(=O)C(CC)N(Cc1ccc(Cl)c(Cl)c1)C(=O)CCCN(c1ccc2c(c1)OCO2)S(C)(=O)=O. The number of carbonyl (C=O) groups excluding carboxylic acids is 2. The molecular formula is C27H35Cl2N3O6S. The fourth-order valence-corrected chi connectivity index (χ4v) is 5.52. The average Bonchev–Trinajstić information content (AvgIpc) is 3.35. The third kappa shape index (κ3) is 8.16. The first-order chi connectivity index (χ1) is 18.4. The summed E-state index contributed by atoms with van der Waals surface area (Å²) in [5.41, 5.74) is 1.15. The number of ether oxygens (including phenoxy) is 2. The largest absolute Gasteiger partial charge is 0.454 e. The summed E-state index contributed by atoms with van der Waals surface area (Å²) in [4.78, 5) is 28.2. The van der Waals surface area contributed by atoms with E-state index in [-0.39, 0.29) is 50.6 Å². The van der Waals surface area contributed by atoms with Gasteiger partial charge in [-0.1, -0.05) is 43.1 Å². The van der Waals surface area contributed by atoms with Crippen molar-refractivity contribution in [2.45, 2.75) is 65.1 Å². The van der Waals surface area contributed by atoms with E-state index in [9.17, 15) is 18.0 Å². The van der Waals surface area contributed by atoms with Crippen LogP contribution in [-0.4, -0.2) is 56.8 Å². The van der Waals surface area contributed by atoms with E-state index in [1.54, 1.807) is 36.4 Å². The van der Waals surface area contributed by atoms with Crippen LogP contribution >= 0.6 is 23.2 Å². The molecule has 12 heteroatoms. The molecule has 2 unspecified atom stereocenters. The van der Waals surface area contributed by atoms with Crippen LogP contribution in [0, 0.1) is 0 Å². The van der Waals surface area contributed by atoms with E-state index in [0.29, 0.717) is 33.7 Å². The highest BCUT2D eigenvalue weighted by Gasteiger charge is 2.30. The molecule has 0 aliphatic carbocycles. The number of amides is 2. The molecule has 0 bridgehead atoms. The van der Waals surface area contributed by atoms with Crippen LogP contribution in [0.2, 0.25) is 10.0 Å². The lowest BCUT2D eigenvalue weighted by molar-refractivity contribution is -0.141. The molecule has 0 radical (unpaired) electrons. The van der Waals surface area contributed by atoms with Gasteiger partial charge in [0.05, 0.1) is 22.0 Å². The molecule has 2 amide bonds. The Morgan fingerprint density at radius 2 is 1.74 bits per heavy atom. The predicted octanol–water partition coefficient (Wildman–Crippen LogP) is 4.99. The number of fused-ring (bicyclic) bond motifs is 1. The summed E-state index contributed by atoms with van der Waals surface area (Å²) in [7, 11) is -3.64. The second-order valence-electron chi connectivity index (χ2n) is 9.49. The number of anilines is 1. The van der Waals surface area contributed by atoms with Crippen LogP contribution in [0.15, 0.2) is 36.4 Å². The predicted molar refractivity (Wildman–Crippen MR) is 153 cm³/mol. The van der Waals surface area contributed by atoms with E-state index < -0.39 is 16.1 Å². The van der Waals surface area contributed by atoms with Gasteiger partial charge in [0.15, 0.2) is 11.5 Å². The molecule has 214 valence electrons. The van der Waals surface area contributed by atoms with Crippen LogP contribution in [0.3, 0.4) is 0 Å². The number of halogens is 2. The molecule has 1 aliphatic rings. The molecule has 1 heterocycles. The second kappa shape index (κ2) is 13.6. The van der Waals surface area contributed by atoms with Gasteiger partial charge in [-0.25, -0.2) is 8.42 Å². The average molecular weight is 601 g/mol. The zero-order valence-electron chi connectivity index (χ0n) is 22.6. The molecule has 0 spiro atoms. The van der Waals surface area contributed by atoms with Crippen LogP contribution < -0.4 is 19.1 Å². The number of hydrogen-bond donors (Lipinski definition) is 1. The summed E-state index contributed by atoms with van der Waals surface area (Å²) in [6.07, 6.45) is 2.54. The van der Waals surface area contributed by atoms with E-state index >= 15 is 0 Å². The van der Waals surface area contributed by atoms with Gasteiger partial charge in [0.2, 0.25) is 28.6 Å². The highest BCUT2D eigenvalue weighted by Crippen LogP contribution is 2.36. The lowest BCUT2D eigenvalue weighted by Gasteiger charge is -2.32. The van der Waals surface area contributed by atoms with Crippen LogP contribution in [-0.2, 0) is 26.2 Å². The first-order valence-corrected chi connectivity index (χ1v) is 15.5. The van der Waals surface area contributed by atoms with Gasteiger partial charge in [0.25, 0.3) is 0 Å². The topological polar surface area (TPSA) is 105 Å². The van der Waals surface area contributed by atoms with Crippen molar-refractivity contribution in [2.75, 3.05) is 23.9 Å². The molecule has 0 aromatic heterocycles. The van der Waals surface area contributed by atoms with E-state index in [1.807, 2.05) is 20.8 Å². The smallest absolute Gasteiger partial charge is 0.243 e. The Morgan fingerprint density at radius 1 is 1.03 bits per heavy atom. The summed E-state index contributed by atoms with van der Waals surface area (Å²) in [5, 5.41) is 3.71. The molecule has 2 aromatic carbocycles. The third-order valence-corrected chi connectivity index (χ3v) is 8.45. The molecule has 0 saturated carbocycles. The number of nitrogens with one attached hydrogen (secondary N) is 1. The van der Waals surface area contributed by atoms with Gasteiger partial charge < -0.3 is 19.7 Å². The second-order valence-corrected chi connectivity index (χ2v) is 12.2. The van der Waals surface area contributed by atoms with Crippen LogP contribution in [0.5, 0.6) is 11.5 Å². The van der Waals surface area contributed by atoms with Gasteiger partial charge in [-0.15, -0.1) is 0 Å². The fourth-order valence-electron chi connectivity index (χ4n) is 4.24. The summed E-state index contributed by atoms with van der Waals surface area (Å²) in [6, 6.07) is 9.24. The van der Waals surface area contributed by atoms with Crippen molar-refractivity contribution in [3.63, 3.8) is 0 Å². The maximum Gasteiger partial charge on any atom is 0.243 e. The van der Waals surface area contributed by atoms with Crippen molar-refractivity contribution in [1.82, 2.24) is 10.2 Å². The zero-order chi connectivity index (χ0) is 28.7. The Labute approximate surface area is 240 Å². The van der Waals surface area contributed by atoms with Crippen molar-refractivity contribution >= 4 is 50.7 Å². The monoisotopic (exact) mass is 599 g/mol. The van der Waals surface area contributed by atoms with Gasteiger partial charge in [-0.3, -0.25) is 13.9 Å². The highest BCUT2D eigenvalue weighted by molar-refractivity contribution is 7.92. The van der Waals surface area contributed by atoms with Crippen molar-refractivity contribution in [1.29, 1.82) is 0 Å². The molecule has 2 atom stereocenters. The number of nitrogens with zero attached hydrogens (tertiary/aromatic N) is 2. The molecule has 0 saturated heterocycles. The van der Waals surface area contributed by atoms with E-state index in [2.05, 4.69) is 5.32 Å². The molecule has 3 rings (SSSR count). The number of rotatable bonds is 13. The number of sulfonamides is 1. The quantitative estimate of drug-likeness (QED) is 0.348. The van der Waals surface area contributed by atoms with E-state index in [0.717, 1.165) is 18.2 Å². The van der Waals surface area contributed by atoms with Crippen LogP contribution in [0.4, 0.5) is 5.69 Å². The van der Waals surface area contributed by atoms with Gasteiger partial charge >= 0.3 is 0 Å². The lowest BCUT2D eigenvalue weighted by atomic mass is 10.1. The van der Waals surface area contributed by atoms with Crippen molar-refractivity contribution in [3.8, 4) is 11.5 Å². The third-order valence-electron chi connectivity index (χ3n) is 6.52. The molecular weight excluding hydrogens is 565 g/mol. The van der Waals surface area contributed by atoms with Crippen molar-refractivity contribution in [3.05, 3.63) is 52.0 Å². The van der Waals surface area contributed by atoms with Crippen molar-refractivity contribution < 1.29 is 27.5 Å². The zero-order valence-corrected chi connectivity index (χ0v) is 24.9. The molecule has 1 N–H and O–H groups in total. The number of benzene rings is 2. The van der Waals surface area contributed by atoms with Gasteiger partial charge in [0.1, 0.15) is 6.04 Å². The Bertz CT molecular complexity index is 1290. The number of hydrogen-bond acceptors (Lipinski definition) is 6. The normalized spacial score (nSPS) is 14.0. The van der Waals surface area contributed by atoms with E-state index in [4.69, 9.17) is 32.7 Å². The number of carbonyl (C=O) groups is 2. The van der Waals surface area contributed by atoms with Gasteiger partial charge in [-0.2, -0.15) is 0 Å². The summed E-state index contributed by atoms with van der Waals surface area (Å²) in [6.45, 7) is 6.02. The standard InChI is InChI=1S/C27H35Cl2N3O6S/c1-5-18(3)30-27(34)23(6-2)31(16-19-9-11-21(28)22(29)14-19)26(33)8-7-13-32(39(4,35)36)20-10-12-24-25(15-20)38-17-37-24/h9-12,14-15,18,23H,5-8,13,16-17H2,1-4H3,(H,30,34). The Balaban J connectivity index is 1.78. The minimum Gasteiger partial charge on any atom is -0.454 e. The maximum absolute atomic E-state index is 13.6. The Hall–Kier alpha value is -2.69. The Morgan fingerprint density at radius 3 is 2.38 bits per heavy atom. The Kier molecular flexibility index (Phi) is 10.7. The minimum atomic E-state index is -3.64. The molecule has 2 aromatic rings. The first kappa shape index (κ1) is 30.8. The lowest BCUT2D eigenvalue weighted by Crippen LogP contribution is -2.50. The summed E-state index contributed by atoms with van der Waals surface area (Å²) < 4.78 is 37.1. The summed E-state index contributed by atoms with van der Waals surface area (Å²) in [5.74, 6) is 0.495. The summed E-state index contributed by atoms with van der Waals surface area (Å²) >= 11 is 12.3. The molecule has 39 heavy (non-hydrogen) atoms.